The van der Waals surface area contributed by atoms with Crippen molar-refractivity contribution >= 4 is 5.95 Å². The summed E-state index contributed by atoms with van der Waals surface area (Å²) >= 11 is 0. The minimum atomic E-state index is -2.51. The van der Waals surface area contributed by atoms with Crippen LogP contribution in [0.3, 0.4) is 0 Å². The molecule has 2 rings (SSSR count). The zero-order valence-electron chi connectivity index (χ0n) is 9.29. The first-order chi connectivity index (χ1) is 7.61. The number of anilines is 1. The fraction of sp³-hybridized carbons (Fsp3) is 0.636. The number of piperidine rings is 1. The molecule has 16 heavy (non-hydrogen) atoms. The van der Waals surface area contributed by atoms with Crippen molar-refractivity contribution in [3.63, 3.8) is 0 Å². The highest BCUT2D eigenvalue weighted by atomic mass is 19.3. The molecule has 1 aliphatic heterocycles. The van der Waals surface area contributed by atoms with E-state index in [1.54, 1.807) is 12.4 Å². The third kappa shape index (κ3) is 2.46. The average molecular weight is 227 g/mol. The summed E-state index contributed by atoms with van der Waals surface area (Å²) in [4.78, 5) is 10.2. The third-order valence-corrected chi connectivity index (χ3v) is 2.88. The lowest BCUT2D eigenvalue weighted by Gasteiger charge is -2.31. The Hall–Kier alpha value is -1.26. The fourth-order valence-electron chi connectivity index (χ4n) is 1.73. The predicted molar refractivity (Wildman–Crippen MR) is 57.8 cm³/mol. The number of halogens is 2. The molecule has 0 saturated carbocycles. The van der Waals surface area contributed by atoms with Gasteiger partial charge in [0, 0.05) is 38.3 Å². The first kappa shape index (κ1) is 11.2. The van der Waals surface area contributed by atoms with Crippen LogP contribution in [0.15, 0.2) is 12.4 Å². The van der Waals surface area contributed by atoms with Gasteiger partial charge in [0.1, 0.15) is 0 Å². The van der Waals surface area contributed by atoms with Crippen LogP contribution in [-0.2, 0) is 6.42 Å². The van der Waals surface area contributed by atoms with Crippen molar-refractivity contribution in [3.8, 4) is 0 Å². The molecular weight excluding hydrogens is 212 g/mol. The van der Waals surface area contributed by atoms with E-state index in [9.17, 15) is 8.78 Å². The van der Waals surface area contributed by atoms with Gasteiger partial charge in [-0.25, -0.2) is 18.7 Å². The molecule has 2 heterocycles. The maximum atomic E-state index is 12.9. The SMILES string of the molecule is CCc1cnc(N2CCC(F)(F)CC2)nc1. The van der Waals surface area contributed by atoms with E-state index in [0.29, 0.717) is 19.0 Å². The lowest BCUT2D eigenvalue weighted by atomic mass is 10.1. The predicted octanol–water partition coefficient (Wildman–Crippen LogP) is 2.27. The highest BCUT2D eigenvalue weighted by Gasteiger charge is 2.34. The van der Waals surface area contributed by atoms with E-state index in [4.69, 9.17) is 0 Å². The maximum Gasteiger partial charge on any atom is 0.251 e. The van der Waals surface area contributed by atoms with Gasteiger partial charge in [0.05, 0.1) is 0 Å². The normalized spacial score (nSPS) is 19.8. The van der Waals surface area contributed by atoms with Crippen LogP contribution in [0, 0.1) is 0 Å². The van der Waals surface area contributed by atoms with E-state index in [1.807, 2.05) is 11.8 Å². The standard InChI is InChI=1S/C11H15F2N3/c1-2-9-7-14-10(15-8-9)16-5-3-11(12,13)4-6-16/h7-8H,2-6H2,1H3. The topological polar surface area (TPSA) is 29.0 Å². The van der Waals surface area contributed by atoms with Crippen molar-refractivity contribution in [3.05, 3.63) is 18.0 Å². The molecule has 5 heteroatoms. The second-order valence-corrected chi connectivity index (χ2v) is 4.09. The minimum Gasteiger partial charge on any atom is -0.340 e. The summed E-state index contributed by atoms with van der Waals surface area (Å²) in [6.07, 6.45) is 4.19. The lowest BCUT2D eigenvalue weighted by molar-refractivity contribution is -0.0222. The molecule has 1 aromatic rings. The Balaban J connectivity index is 2.03. The van der Waals surface area contributed by atoms with E-state index in [0.717, 1.165) is 12.0 Å². The van der Waals surface area contributed by atoms with Gasteiger partial charge >= 0.3 is 0 Å². The zero-order valence-corrected chi connectivity index (χ0v) is 9.29. The number of aryl methyl sites for hydroxylation is 1. The molecule has 3 nitrogen and oxygen atoms in total. The minimum absolute atomic E-state index is 0.105. The van der Waals surface area contributed by atoms with Gasteiger partial charge in [-0.05, 0) is 12.0 Å². The summed E-state index contributed by atoms with van der Waals surface area (Å²) in [6, 6.07) is 0. The number of hydrogen-bond donors (Lipinski definition) is 0. The van der Waals surface area contributed by atoms with Crippen molar-refractivity contribution in [2.75, 3.05) is 18.0 Å². The van der Waals surface area contributed by atoms with Gasteiger partial charge in [-0.1, -0.05) is 6.92 Å². The van der Waals surface area contributed by atoms with E-state index in [1.165, 1.54) is 0 Å². The van der Waals surface area contributed by atoms with Crippen LogP contribution in [0.1, 0.15) is 25.3 Å². The Morgan fingerprint density at radius 1 is 1.25 bits per heavy atom. The van der Waals surface area contributed by atoms with Crippen LogP contribution in [0.4, 0.5) is 14.7 Å². The summed E-state index contributed by atoms with van der Waals surface area (Å²) in [6.45, 7) is 2.69. The van der Waals surface area contributed by atoms with Crippen molar-refractivity contribution < 1.29 is 8.78 Å². The molecule has 0 aromatic carbocycles. The molecule has 0 bridgehead atoms. The molecular formula is C11H15F2N3. The molecule has 0 radical (unpaired) electrons. The lowest BCUT2D eigenvalue weighted by Crippen LogP contribution is -2.40. The quantitative estimate of drug-likeness (QED) is 0.776. The van der Waals surface area contributed by atoms with Gasteiger partial charge < -0.3 is 4.90 Å². The smallest absolute Gasteiger partial charge is 0.251 e. The van der Waals surface area contributed by atoms with Crippen molar-refractivity contribution in [1.29, 1.82) is 0 Å². The van der Waals surface area contributed by atoms with Crippen LogP contribution in [0.25, 0.3) is 0 Å². The van der Waals surface area contributed by atoms with Crippen LogP contribution < -0.4 is 4.90 Å². The Labute approximate surface area is 93.5 Å². The Bertz CT molecular complexity index is 341. The molecule has 1 saturated heterocycles. The maximum absolute atomic E-state index is 12.9. The van der Waals surface area contributed by atoms with Gasteiger partial charge in [0.25, 0.3) is 5.92 Å². The molecule has 0 amide bonds. The van der Waals surface area contributed by atoms with Gasteiger partial charge in [-0.15, -0.1) is 0 Å². The van der Waals surface area contributed by atoms with Gasteiger partial charge in [-0.2, -0.15) is 0 Å². The Morgan fingerprint density at radius 3 is 2.31 bits per heavy atom. The average Bonchev–Trinajstić information content (AvgIpc) is 2.29. The Kier molecular flexibility index (Phi) is 3.03. The summed E-state index contributed by atoms with van der Waals surface area (Å²) < 4.78 is 25.9. The molecule has 0 spiro atoms. The first-order valence-electron chi connectivity index (χ1n) is 5.54. The van der Waals surface area contributed by atoms with Crippen LogP contribution in [0.5, 0.6) is 0 Å². The summed E-state index contributed by atoms with van der Waals surface area (Å²) in [5.41, 5.74) is 1.06. The van der Waals surface area contributed by atoms with Crippen molar-refractivity contribution in [1.82, 2.24) is 9.97 Å². The van der Waals surface area contributed by atoms with Gasteiger partial charge in [0.15, 0.2) is 0 Å². The largest absolute Gasteiger partial charge is 0.340 e. The number of nitrogens with zero attached hydrogens (tertiary/aromatic N) is 3. The summed E-state index contributed by atoms with van der Waals surface area (Å²) in [7, 11) is 0. The monoisotopic (exact) mass is 227 g/mol. The zero-order chi connectivity index (χ0) is 11.6. The van der Waals surface area contributed by atoms with E-state index < -0.39 is 5.92 Å². The molecule has 1 fully saturated rings. The third-order valence-electron chi connectivity index (χ3n) is 2.88. The van der Waals surface area contributed by atoms with Gasteiger partial charge in [0.2, 0.25) is 5.95 Å². The molecule has 0 aliphatic carbocycles. The van der Waals surface area contributed by atoms with Crippen LogP contribution >= 0.6 is 0 Å². The van der Waals surface area contributed by atoms with Crippen molar-refractivity contribution in [2.24, 2.45) is 0 Å². The second kappa shape index (κ2) is 4.31. The number of aromatic nitrogens is 2. The fourth-order valence-corrected chi connectivity index (χ4v) is 1.73. The number of alkyl halides is 2. The van der Waals surface area contributed by atoms with Crippen LogP contribution in [0.2, 0.25) is 0 Å². The molecule has 88 valence electrons. The van der Waals surface area contributed by atoms with E-state index in [2.05, 4.69) is 9.97 Å². The first-order valence-corrected chi connectivity index (χ1v) is 5.54. The van der Waals surface area contributed by atoms with Gasteiger partial charge in [-0.3, -0.25) is 0 Å². The molecule has 1 aromatic heterocycles. The summed E-state index contributed by atoms with van der Waals surface area (Å²) in [5, 5.41) is 0. The van der Waals surface area contributed by atoms with E-state index >= 15 is 0 Å². The molecule has 1 aliphatic rings. The number of rotatable bonds is 2. The molecule has 0 atom stereocenters. The highest BCUT2D eigenvalue weighted by molar-refractivity contribution is 5.30. The second-order valence-electron chi connectivity index (χ2n) is 4.09. The van der Waals surface area contributed by atoms with Crippen LogP contribution in [-0.4, -0.2) is 29.0 Å². The number of hydrogen-bond acceptors (Lipinski definition) is 3. The highest BCUT2D eigenvalue weighted by Crippen LogP contribution is 2.28. The Morgan fingerprint density at radius 2 is 1.81 bits per heavy atom. The molecule has 0 unspecified atom stereocenters. The summed E-state index contributed by atoms with van der Waals surface area (Å²) in [5.74, 6) is -1.95. The van der Waals surface area contributed by atoms with E-state index in [-0.39, 0.29) is 12.8 Å². The van der Waals surface area contributed by atoms with Crippen molar-refractivity contribution in [2.45, 2.75) is 32.1 Å². The molecule has 0 N–H and O–H groups in total.